The lowest BCUT2D eigenvalue weighted by Crippen LogP contribution is -2.25. The van der Waals surface area contributed by atoms with Crippen LogP contribution in [0.5, 0.6) is 0 Å². The third-order valence-corrected chi connectivity index (χ3v) is 4.34. The van der Waals surface area contributed by atoms with Crippen LogP contribution >= 0.6 is 11.6 Å². The Morgan fingerprint density at radius 3 is 2.96 bits per heavy atom. The van der Waals surface area contributed by atoms with Crippen LogP contribution in [0.3, 0.4) is 0 Å². The average molecular weight is 349 g/mol. The van der Waals surface area contributed by atoms with Crippen LogP contribution in [0.25, 0.3) is 11.3 Å². The summed E-state index contributed by atoms with van der Waals surface area (Å²) in [6.45, 7) is 3.38. The number of hydrogen-bond acceptors (Lipinski definition) is 5. The first kappa shape index (κ1) is 16.5. The lowest BCUT2D eigenvalue weighted by molar-refractivity contribution is -0.127. The molecule has 2 heterocycles. The van der Waals surface area contributed by atoms with Gasteiger partial charge in [-0.3, -0.25) is 4.79 Å². The van der Waals surface area contributed by atoms with E-state index in [0.717, 1.165) is 0 Å². The minimum atomic E-state index is -0.582. The number of ether oxygens (including phenoxy) is 1. The lowest BCUT2D eigenvalue weighted by Gasteiger charge is -2.13. The third-order valence-electron chi connectivity index (χ3n) is 4.01. The molecule has 0 spiro atoms. The summed E-state index contributed by atoms with van der Waals surface area (Å²) in [6, 6.07) is 7.03. The molecule has 1 amide bonds. The number of likely N-dealkylation sites (tertiary alicyclic amines) is 1. The zero-order valence-electron chi connectivity index (χ0n) is 13.2. The van der Waals surface area contributed by atoms with Gasteiger partial charge < -0.3 is 14.1 Å². The molecule has 0 aliphatic carbocycles. The van der Waals surface area contributed by atoms with Gasteiger partial charge in [-0.25, -0.2) is 9.78 Å². The number of oxazole rings is 1. The van der Waals surface area contributed by atoms with E-state index in [1.165, 1.54) is 6.39 Å². The van der Waals surface area contributed by atoms with Crippen molar-refractivity contribution < 1.29 is 18.7 Å². The van der Waals surface area contributed by atoms with E-state index in [1.54, 1.807) is 29.2 Å². The third kappa shape index (κ3) is 3.28. The normalized spacial score (nSPS) is 17.3. The van der Waals surface area contributed by atoms with Gasteiger partial charge in [0.05, 0.1) is 11.6 Å². The Kier molecular flexibility index (Phi) is 4.85. The van der Waals surface area contributed by atoms with Gasteiger partial charge >= 0.3 is 5.97 Å². The highest BCUT2D eigenvalue weighted by atomic mass is 35.5. The standard InChI is InChI=1S/C17H17ClN2O4/c1-2-20-8-11(7-14(20)21)9-23-17(22)15-16(24-10-19-15)12-5-3-4-6-13(12)18/h3-6,10-11H,2,7-9H2,1H3. The molecule has 1 atom stereocenters. The minimum absolute atomic E-state index is 0.0112. The first-order valence-corrected chi connectivity index (χ1v) is 8.11. The van der Waals surface area contributed by atoms with Crippen LogP contribution in [0.1, 0.15) is 23.8 Å². The van der Waals surface area contributed by atoms with Crippen LogP contribution < -0.4 is 0 Å². The number of amides is 1. The fraction of sp³-hybridized carbons (Fsp3) is 0.353. The summed E-state index contributed by atoms with van der Waals surface area (Å²) < 4.78 is 10.6. The summed E-state index contributed by atoms with van der Waals surface area (Å²) in [7, 11) is 0. The molecule has 0 bridgehead atoms. The van der Waals surface area contributed by atoms with Crippen LogP contribution in [0.2, 0.25) is 5.02 Å². The Hall–Kier alpha value is -2.34. The van der Waals surface area contributed by atoms with Crippen molar-refractivity contribution in [2.75, 3.05) is 19.7 Å². The first-order chi connectivity index (χ1) is 11.6. The van der Waals surface area contributed by atoms with Crippen molar-refractivity contribution in [1.29, 1.82) is 0 Å². The van der Waals surface area contributed by atoms with Gasteiger partial charge in [0, 0.05) is 31.0 Å². The molecule has 0 radical (unpaired) electrons. The summed E-state index contributed by atoms with van der Waals surface area (Å²) in [4.78, 5) is 29.7. The van der Waals surface area contributed by atoms with Gasteiger partial charge in [-0.15, -0.1) is 0 Å². The largest absolute Gasteiger partial charge is 0.460 e. The molecule has 3 rings (SSSR count). The van der Waals surface area contributed by atoms with Gasteiger partial charge in [-0.2, -0.15) is 0 Å². The maximum absolute atomic E-state index is 12.3. The number of halogens is 1. The summed E-state index contributed by atoms with van der Waals surface area (Å²) in [5.41, 5.74) is 0.664. The molecule has 7 heteroatoms. The van der Waals surface area contributed by atoms with E-state index in [4.69, 9.17) is 20.8 Å². The zero-order chi connectivity index (χ0) is 17.1. The van der Waals surface area contributed by atoms with E-state index in [2.05, 4.69) is 4.98 Å². The maximum Gasteiger partial charge on any atom is 0.361 e. The average Bonchev–Trinajstić information content (AvgIpc) is 3.19. The fourth-order valence-electron chi connectivity index (χ4n) is 2.76. The Morgan fingerprint density at radius 1 is 1.46 bits per heavy atom. The molecule has 1 fully saturated rings. The highest BCUT2D eigenvalue weighted by Gasteiger charge is 2.30. The summed E-state index contributed by atoms with van der Waals surface area (Å²) in [5.74, 6) is -0.196. The van der Waals surface area contributed by atoms with Crippen LogP contribution in [-0.2, 0) is 9.53 Å². The Morgan fingerprint density at radius 2 is 2.25 bits per heavy atom. The number of nitrogens with zero attached hydrogens (tertiary/aromatic N) is 2. The maximum atomic E-state index is 12.3. The Balaban J connectivity index is 1.68. The SMILES string of the molecule is CCN1CC(COC(=O)c2ncoc2-c2ccccc2Cl)CC1=O. The topological polar surface area (TPSA) is 72.6 Å². The predicted molar refractivity (Wildman–Crippen MR) is 87.6 cm³/mol. The second-order valence-electron chi connectivity index (χ2n) is 5.61. The molecule has 0 saturated carbocycles. The number of aromatic nitrogens is 1. The van der Waals surface area contributed by atoms with Crippen molar-refractivity contribution in [1.82, 2.24) is 9.88 Å². The molecule has 6 nitrogen and oxygen atoms in total. The fourth-order valence-corrected chi connectivity index (χ4v) is 2.98. The molecule has 1 aromatic carbocycles. The number of carbonyl (C=O) groups excluding carboxylic acids is 2. The van der Waals surface area contributed by atoms with E-state index >= 15 is 0 Å². The first-order valence-electron chi connectivity index (χ1n) is 7.73. The van der Waals surface area contributed by atoms with E-state index in [1.807, 2.05) is 6.92 Å². The van der Waals surface area contributed by atoms with E-state index < -0.39 is 5.97 Å². The molecule has 24 heavy (non-hydrogen) atoms. The second kappa shape index (κ2) is 7.05. The minimum Gasteiger partial charge on any atom is -0.460 e. The molecule has 1 saturated heterocycles. The van der Waals surface area contributed by atoms with Crippen molar-refractivity contribution in [3.63, 3.8) is 0 Å². The van der Waals surface area contributed by atoms with Crippen molar-refractivity contribution >= 4 is 23.5 Å². The molecular weight excluding hydrogens is 332 g/mol. The molecular formula is C17H17ClN2O4. The van der Waals surface area contributed by atoms with Crippen molar-refractivity contribution in [2.24, 2.45) is 5.92 Å². The summed E-state index contributed by atoms with van der Waals surface area (Å²) >= 11 is 6.14. The molecule has 126 valence electrons. The van der Waals surface area contributed by atoms with E-state index in [-0.39, 0.29) is 29.9 Å². The quantitative estimate of drug-likeness (QED) is 0.776. The number of rotatable bonds is 5. The van der Waals surface area contributed by atoms with Crippen LogP contribution in [0.4, 0.5) is 0 Å². The summed E-state index contributed by atoms with van der Waals surface area (Å²) in [5, 5.41) is 0.461. The number of hydrogen-bond donors (Lipinski definition) is 0. The molecule has 1 aliphatic rings. The van der Waals surface area contributed by atoms with Crippen molar-refractivity contribution in [3.8, 4) is 11.3 Å². The number of esters is 1. The van der Waals surface area contributed by atoms with Crippen molar-refractivity contribution in [2.45, 2.75) is 13.3 Å². The highest BCUT2D eigenvalue weighted by molar-refractivity contribution is 6.33. The van der Waals surface area contributed by atoms with E-state index in [0.29, 0.717) is 30.1 Å². The van der Waals surface area contributed by atoms with Gasteiger partial charge in [-0.1, -0.05) is 23.7 Å². The molecule has 1 unspecified atom stereocenters. The smallest absolute Gasteiger partial charge is 0.361 e. The Labute approximate surface area is 144 Å². The van der Waals surface area contributed by atoms with Gasteiger partial charge in [0.1, 0.15) is 0 Å². The highest BCUT2D eigenvalue weighted by Crippen LogP contribution is 2.30. The lowest BCUT2D eigenvalue weighted by atomic mass is 10.1. The molecule has 1 aromatic heterocycles. The number of benzene rings is 1. The molecule has 1 aliphatic heterocycles. The predicted octanol–water partition coefficient (Wildman–Crippen LogP) is 3.02. The van der Waals surface area contributed by atoms with Crippen molar-refractivity contribution in [3.05, 3.63) is 41.4 Å². The van der Waals surface area contributed by atoms with Gasteiger partial charge in [0.2, 0.25) is 5.91 Å². The monoisotopic (exact) mass is 348 g/mol. The summed E-state index contributed by atoms with van der Waals surface area (Å²) in [6.07, 6.45) is 1.59. The van der Waals surface area contributed by atoms with Crippen LogP contribution in [-0.4, -0.2) is 41.5 Å². The van der Waals surface area contributed by atoms with Gasteiger partial charge in [0.15, 0.2) is 17.8 Å². The second-order valence-corrected chi connectivity index (χ2v) is 6.02. The molecule has 0 N–H and O–H groups in total. The van der Waals surface area contributed by atoms with Crippen LogP contribution in [0.15, 0.2) is 35.1 Å². The number of carbonyl (C=O) groups is 2. The zero-order valence-corrected chi connectivity index (χ0v) is 14.0. The van der Waals surface area contributed by atoms with E-state index in [9.17, 15) is 9.59 Å². The van der Waals surface area contributed by atoms with Gasteiger partial charge in [-0.05, 0) is 19.1 Å². The van der Waals surface area contributed by atoms with Gasteiger partial charge in [0.25, 0.3) is 0 Å². The Bertz CT molecular complexity index is 759. The molecule has 2 aromatic rings. The van der Waals surface area contributed by atoms with Crippen LogP contribution in [0, 0.1) is 5.92 Å².